The van der Waals surface area contributed by atoms with E-state index in [0.29, 0.717) is 6.42 Å². The molecule has 1 aromatic carbocycles. The number of hydrogen-bond acceptors (Lipinski definition) is 2. The summed E-state index contributed by atoms with van der Waals surface area (Å²) in [6.07, 6.45) is 0.579. The molecular weight excluding hydrogens is 260 g/mol. The zero-order valence-electron chi connectivity index (χ0n) is 8.24. The fraction of sp³-hybridized carbons (Fsp3) is 0.273. The van der Waals surface area contributed by atoms with Crippen LogP contribution < -0.4 is 0 Å². The fourth-order valence-corrected chi connectivity index (χ4v) is 1.51. The first-order chi connectivity index (χ1) is 7.00. The van der Waals surface area contributed by atoms with Crippen molar-refractivity contribution in [3.05, 3.63) is 35.4 Å². The number of carbonyl (C=O) groups is 2. The first-order valence-electron chi connectivity index (χ1n) is 4.47. The average Bonchev–Trinajstić information content (AvgIpc) is 2.18. The Bertz CT molecular complexity index is 370. The summed E-state index contributed by atoms with van der Waals surface area (Å²) in [4.78, 5) is 21.4. The Kier molecular flexibility index (Phi) is 4.03. The molecule has 0 aliphatic carbocycles. The van der Waals surface area contributed by atoms with Crippen LogP contribution in [0.2, 0.25) is 0 Å². The molecule has 15 heavy (non-hydrogen) atoms. The number of hydrogen-bond donors (Lipinski definition) is 1. The summed E-state index contributed by atoms with van der Waals surface area (Å²) >= 11 is 3.26. The number of benzene rings is 1. The second-order valence-corrected chi connectivity index (χ2v) is 4.39. The molecule has 0 radical (unpaired) electrons. The molecule has 0 saturated carbocycles. The molecule has 80 valence electrons. The van der Waals surface area contributed by atoms with Crippen molar-refractivity contribution in [2.45, 2.75) is 18.2 Å². The van der Waals surface area contributed by atoms with Crippen molar-refractivity contribution in [1.29, 1.82) is 0 Å². The zero-order valence-corrected chi connectivity index (χ0v) is 9.82. The van der Waals surface area contributed by atoms with Crippen LogP contribution in [0.1, 0.15) is 22.8 Å². The Hall–Kier alpha value is -1.16. The number of aromatic carboxylic acids is 1. The normalized spacial score (nSPS) is 12.1. The van der Waals surface area contributed by atoms with E-state index in [-0.39, 0.29) is 16.2 Å². The highest BCUT2D eigenvalue weighted by Crippen LogP contribution is 2.12. The van der Waals surface area contributed by atoms with Gasteiger partial charge in [0.1, 0.15) is 5.78 Å². The number of carboxylic acid groups (broad SMARTS) is 1. The first kappa shape index (κ1) is 11.9. The lowest BCUT2D eigenvalue weighted by Gasteiger charge is -2.05. The van der Waals surface area contributed by atoms with Gasteiger partial charge in [0.15, 0.2) is 0 Å². The molecular formula is C11H11BrO3. The van der Waals surface area contributed by atoms with Crippen LogP contribution in [-0.4, -0.2) is 21.7 Å². The third-order valence-corrected chi connectivity index (χ3v) is 3.03. The van der Waals surface area contributed by atoms with Crippen LogP contribution in [-0.2, 0) is 11.2 Å². The van der Waals surface area contributed by atoms with Gasteiger partial charge in [-0.2, -0.15) is 0 Å². The maximum absolute atomic E-state index is 11.0. The molecule has 0 aliphatic heterocycles. The SMILES string of the molecule is CC(=O)C(Br)Cc1ccc(C(=O)O)cc1. The minimum atomic E-state index is -0.941. The topological polar surface area (TPSA) is 54.4 Å². The van der Waals surface area contributed by atoms with Gasteiger partial charge in [-0.25, -0.2) is 4.79 Å². The zero-order chi connectivity index (χ0) is 11.4. The molecule has 4 heteroatoms. The molecule has 0 aromatic heterocycles. The molecule has 0 spiro atoms. The summed E-state index contributed by atoms with van der Waals surface area (Å²) in [7, 11) is 0. The molecule has 0 saturated heterocycles. The summed E-state index contributed by atoms with van der Waals surface area (Å²) in [5, 5.41) is 8.68. The van der Waals surface area contributed by atoms with Gasteiger partial charge in [0, 0.05) is 0 Å². The van der Waals surface area contributed by atoms with E-state index in [1.165, 1.54) is 19.1 Å². The largest absolute Gasteiger partial charge is 0.478 e. The minimum Gasteiger partial charge on any atom is -0.478 e. The van der Waals surface area contributed by atoms with E-state index in [1.807, 2.05) is 0 Å². The van der Waals surface area contributed by atoms with Crippen LogP contribution in [0.25, 0.3) is 0 Å². The lowest BCUT2D eigenvalue weighted by molar-refractivity contribution is -0.116. The second kappa shape index (κ2) is 5.07. The number of halogens is 1. The minimum absolute atomic E-state index is 0.0670. The third kappa shape index (κ3) is 3.47. The highest BCUT2D eigenvalue weighted by atomic mass is 79.9. The molecule has 3 nitrogen and oxygen atoms in total. The maximum Gasteiger partial charge on any atom is 0.335 e. The van der Waals surface area contributed by atoms with Crippen LogP contribution in [0.15, 0.2) is 24.3 Å². The number of carbonyl (C=O) groups excluding carboxylic acids is 1. The van der Waals surface area contributed by atoms with E-state index in [1.54, 1.807) is 12.1 Å². The van der Waals surface area contributed by atoms with Gasteiger partial charge >= 0.3 is 5.97 Å². The molecule has 1 N–H and O–H groups in total. The molecule has 1 rings (SSSR count). The van der Waals surface area contributed by atoms with Crippen molar-refractivity contribution in [2.24, 2.45) is 0 Å². The van der Waals surface area contributed by atoms with Crippen molar-refractivity contribution in [2.75, 3.05) is 0 Å². The lowest BCUT2D eigenvalue weighted by atomic mass is 10.1. The quantitative estimate of drug-likeness (QED) is 0.855. The van der Waals surface area contributed by atoms with Gasteiger partial charge in [-0.15, -0.1) is 0 Å². The Balaban J connectivity index is 2.72. The van der Waals surface area contributed by atoms with Gasteiger partial charge in [0.25, 0.3) is 0 Å². The molecule has 1 atom stereocenters. The van der Waals surface area contributed by atoms with Gasteiger partial charge < -0.3 is 5.11 Å². The summed E-state index contributed by atoms with van der Waals surface area (Å²) in [5.41, 5.74) is 1.20. The summed E-state index contributed by atoms with van der Waals surface area (Å²) in [6, 6.07) is 6.52. The number of alkyl halides is 1. The summed E-state index contributed by atoms with van der Waals surface area (Å²) in [6.45, 7) is 1.52. The van der Waals surface area contributed by atoms with Crippen molar-refractivity contribution in [1.82, 2.24) is 0 Å². The predicted molar refractivity (Wildman–Crippen MR) is 60.5 cm³/mol. The second-order valence-electron chi connectivity index (χ2n) is 3.28. The fourth-order valence-electron chi connectivity index (χ4n) is 1.13. The molecule has 0 bridgehead atoms. The molecule has 0 amide bonds. The average molecular weight is 271 g/mol. The van der Waals surface area contributed by atoms with Gasteiger partial charge in [-0.05, 0) is 31.0 Å². The van der Waals surface area contributed by atoms with Crippen LogP contribution >= 0.6 is 15.9 Å². The summed E-state index contributed by atoms with van der Waals surface area (Å²) in [5.74, 6) is -0.874. The van der Waals surface area contributed by atoms with Crippen LogP contribution in [0.5, 0.6) is 0 Å². The monoisotopic (exact) mass is 270 g/mol. The Labute approximate surface area is 96.2 Å². The van der Waals surface area contributed by atoms with Crippen molar-refractivity contribution >= 4 is 27.7 Å². The molecule has 0 aliphatic rings. The molecule has 1 unspecified atom stereocenters. The maximum atomic E-state index is 11.0. The molecule has 0 fully saturated rings. The molecule has 1 aromatic rings. The van der Waals surface area contributed by atoms with E-state index in [0.717, 1.165) is 5.56 Å². The van der Waals surface area contributed by atoms with E-state index < -0.39 is 5.97 Å². The van der Waals surface area contributed by atoms with Crippen molar-refractivity contribution in [3.63, 3.8) is 0 Å². The molecule has 0 heterocycles. The highest BCUT2D eigenvalue weighted by Gasteiger charge is 2.10. The number of ketones is 1. The Morgan fingerprint density at radius 1 is 1.33 bits per heavy atom. The first-order valence-corrected chi connectivity index (χ1v) is 5.39. The highest BCUT2D eigenvalue weighted by molar-refractivity contribution is 9.10. The van der Waals surface area contributed by atoms with E-state index in [2.05, 4.69) is 15.9 Å². The lowest BCUT2D eigenvalue weighted by Crippen LogP contribution is -2.12. The Morgan fingerprint density at radius 2 is 1.87 bits per heavy atom. The number of carboxylic acids is 1. The smallest absolute Gasteiger partial charge is 0.335 e. The van der Waals surface area contributed by atoms with E-state index in [9.17, 15) is 9.59 Å². The standard InChI is InChI=1S/C11H11BrO3/c1-7(13)10(12)6-8-2-4-9(5-3-8)11(14)15/h2-5,10H,6H2,1H3,(H,14,15). The Morgan fingerprint density at radius 3 is 2.27 bits per heavy atom. The van der Waals surface area contributed by atoms with Crippen LogP contribution in [0.4, 0.5) is 0 Å². The number of Topliss-reactive ketones (excluding diaryl/α,β-unsaturated/α-hetero) is 1. The van der Waals surface area contributed by atoms with Crippen LogP contribution in [0.3, 0.4) is 0 Å². The predicted octanol–water partition coefficient (Wildman–Crippen LogP) is 2.28. The van der Waals surface area contributed by atoms with Crippen LogP contribution in [0, 0.1) is 0 Å². The number of rotatable bonds is 4. The van der Waals surface area contributed by atoms with Gasteiger partial charge in [0.2, 0.25) is 0 Å². The van der Waals surface area contributed by atoms with Crippen molar-refractivity contribution < 1.29 is 14.7 Å². The summed E-state index contributed by atoms with van der Waals surface area (Å²) < 4.78 is 0. The third-order valence-electron chi connectivity index (χ3n) is 2.06. The van der Waals surface area contributed by atoms with E-state index in [4.69, 9.17) is 5.11 Å². The van der Waals surface area contributed by atoms with Gasteiger partial charge in [-0.3, -0.25) is 4.79 Å². The van der Waals surface area contributed by atoms with Gasteiger partial charge in [-0.1, -0.05) is 28.1 Å². The van der Waals surface area contributed by atoms with E-state index >= 15 is 0 Å². The van der Waals surface area contributed by atoms with Gasteiger partial charge in [0.05, 0.1) is 10.4 Å². The van der Waals surface area contributed by atoms with Crippen molar-refractivity contribution in [3.8, 4) is 0 Å².